The van der Waals surface area contributed by atoms with E-state index >= 15 is 0 Å². The second-order valence-corrected chi connectivity index (χ2v) is 6.55. The molecule has 0 aromatic heterocycles. The highest BCUT2D eigenvalue weighted by molar-refractivity contribution is 5.89. The molecule has 104 valence electrons. The van der Waals surface area contributed by atoms with Gasteiger partial charge in [-0.25, -0.2) is 0 Å². The molecule has 0 radical (unpaired) electrons. The topological polar surface area (TPSA) is 49.4 Å². The van der Waals surface area contributed by atoms with E-state index in [2.05, 4.69) is 19.2 Å². The minimum atomic E-state index is -0.190. The van der Waals surface area contributed by atoms with Gasteiger partial charge >= 0.3 is 0 Å². The van der Waals surface area contributed by atoms with Crippen LogP contribution in [0.4, 0.5) is 0 Å². The second-order valence-electron chi connectivity index (χ2n) is 6.55. The van der Waals surface area contributed by atoms with Crippen molar-refractivity contribution < 1.29 is 9.59 Å². The van der Waals surface area contributed by atoms with E-state index in [0.29, 0.717) is 25.4 Å². The number of carbonyl (C=O) groups excluding carboxylic acids is 2. The molecule has 1 atom stereocenters. The number of nitrogens with zero attached hydrogens (tertiary/aromatic N) is 1. The highest BCUT2D eigenvalue weighted by Crippen LogP contribution is 2.25. The Hall–Kier alpha value is -1.06. The van der Waals surface area contributed by atoms with Crippen molar-refractivity contribution in [2.75, 3.05) is 13.1 Å². The van der Waals surface area contributed by atoms with Gasteiger partial charge in [0.05, 0.1) is 5.92 Å². The molecule has 4 nitrogen and oxygen atoms in total. The molecule has 4 heteroatoms. The van der Waals surface area contributed by atoms with E-state index in [0.717, 1.165) is 6.42 Å². The molecule has 1 saturated heterocycles. The molecule has 18 heavy (non-hydrogen) atoms. The molecule has 0 aliphatic carbocycles. The van der Waals surface area contributed by atoms with Crippen molar-refractivity contribution in [2.24, 2.45) is 11.8 Å². The predicted molar refractivity (Wildman–Crippen MR) is 72.0 cm³/mol. The molecular weight excluding hydrogens is 228 g/mol. The summed E-state index contributed by atoms with van der Waals surface area (Å²) in [5, 5.41) is 2.93. The van der Waals surface area contributed by atoms with Gasteiger partial charge in [-0.2, -0.15) is 0 Å². The van der Waals surface area contributed by atoms with Crippen LogP contribution >= 0.6 is 0 Å². The first-order valence-electron chi connectivity index (χ1n) is 6.80. The number of nitrogens with one attached hydrogen (secondary N) is 1. The van der Waals surface area contributed by atoms with Gasteiger partial charge in [0, 0.05) is 25.0 Å². The zero-order valence-corrected chi connectivity index (χ0v) is 12.2. The first kappa shape index (κ1) is 15.0. The van der Waals surface area contributed by atoms with Crippen LogP contribution in [0.2, 0.25) is 0 Å². The third-order valence-electron chi connectivity index (χ3n) is 3.33. The lowest BCUT2D eigenvalue weighted by Crippen LogP contribution is -2.43. The van der Waals surface area contributed by atoms with Crippen LogP contribution in [0.1, 0.15) is 47.5 Å². The van der Waals surface area contributed by atoms with Gasteiger partial charge in [0.15, 0.2) is 0 Å². The molecule has 0 spiro atoms. The van der Waals surface area contributed by atoms with E-state index in [1.54, 1.807) is 4.90 Å². The molecule has 1 N–H and O–H groups in total. The third kappa shape index (κ3) is 4.00. The quantitative estimate of drug-likeness (QED) is 0.831. The summed E-state index contributed by atoms with van der Waals surface area (Å²) < 4.78 is 0. The molecule has 0 aromatic carbocycles. The van der Waals surface area contributed by atoms with Crippen molar-refractivity contribution in [1.29, 1.82) is 0 Å². The monoisotopic (exact) mass is 254 g/mol. The Bertz CT molecular complexity index is 318. The fourth-order valence-corrected chi connectivity index (χ4v) is 2.16. The first-order valence-corrected chi connectivity index (χ1v) is 6.80. The molecule has 1 aliphatic heterocycles. The Morgan fingerprint density at radius 1 is 1.44 bits per heavy atom. The molecule has 0 aromatic rings. The maximum Gasteiger partial charge on any atom is 0.225 e. The summed E-state index contributed by atoms with van der Waals surface area (Å²) in [5.74, 6) is 0.521. The SMILES string of the molecule is CC(C)CCNC(=O)[C@H]1CC(=O)N(C(C)(C)C)C1. The Morgan fingerprint density at radius 2 is 2.06 bits per heavy atom. The van der Waals surface area contributed by atoms with Crippen LogP contribution in [-0.4, -0.2) is 35.3 Å². The predicted octanol–water partition coefficient (Wildman–Crippen LogP) is 1.80. The van der Waals surface area contributed by atoms with Gasteiger partial charge in [-0.3, -0.25) is 9.59 Å². The largest absolute Gasteiger partial charge is 0.356 e. The van der Waals surface area contributed by atoms with Crippen molar-refractivity contribution in [3.05, 3.63) is 0 Å². The summed E-state index contributed by atoms with van der Waals surface area (Å²) >= 11 is 0. The summed E-state index contributed by atoms with van der Waals surface area (Å²) in [7, 11) is 0. The van der Waals surface area contributed by atoms with E-state index in [4.69, 9.17) is 0 Å². The molecule has 0 bridgehead atoms. The van der Waals surface area contributed by atoms with E-state index in [-0.39, 0.29) is 23.3 Å². The molecule has 1 rings (SSSR count). The maximum atomic E-state index is 12.0. The summed E-state index contributed by atoms with van der Waals surface area (Å²) in [6, 6.07) is 0. The lowest BCUT2D eigenvalue weighted by Gasteiger charge is -2.31. The van der Waals surface area contributed by atoms with Gasteiger partial charge in [0.2, 0.25) is 11.8 Å². The van der Waals surface area contributed by atoms with Crippen LogP contribution in [0.25, 0.3) is 0 Å². The Morgan fingerprint density at radius 3 is 2.50 bits per heavy atom. The zero-order valence-electron chi connectivity index (χ0n) is 12.2. The number of hydrogen-bond donors (Lipinski definition) is 1. The molecule has 1 fully saturated rings. The molecular formula is C14H26N2O2. The number of amides is 2. The van der Waals surface area contributed by atoms with Crippen LogP contribution in [0, 0.1) is 11.8 Å². The highest BCUT2D eigenvalue weighted by Gasteiger charge is 2.39. The van der Waals surface area contributed by atoms with Crippen molar-refractivity contribution in [2.45, 2.75) is 53.0 Å². The average molecular weight is 254 g/mol. The number of rotatable bonds is 4. The van der Waals surface area contributed by atoms with Gasteiger partial charge in [0.25, 0.3) is 0 Å². The van der Waals surface area contributed by atoms with Crippen molar-refractivity contribution in [3.63, 3.8) is 0 Å². The van der Waals surface area contributed by atoms with Crippen LogP contribution in [-0.2, 0) is 9.59 Å². The zero-order chi connectivity index (χ0) is 13.9. The number of carbonyl (C=O) groups is 2. The lowest BCUT2D eigenvalue weighted by atomic mass is 10.1. The summed E-state index contributed by atoms with van der Waals surface area (Å²) in [6.07, 6.45) is 1.33. The van der Waals surface area contributed by atoms with Gasteiger partial charge in [0.1, 0.15) is 0 Å². The normalized spacial score (nSPS) is 20.7. The molecule has 1 aliphatic rings. The maximum absolute atomic E-state index is 12.0. The van der Waals surface area contributed by atoms with E-state index < -0.39 is 0 Å². The van der Waals surface area contributed by atoms with Crippen molar-refractivity contribution in [1.82, 2.24) is 10.2 Å². The van der Waals surface area contributed by atoms with Crippen LogP contribution in [0.15, 0.2) is 0 Å². The molecule has 2 amide bonds. The molecule has 0 unspecified atom stereocenters. The summed E-state index contributed by atoms with van der Waals surface area (Å²) in [4.78, 5) is 25.6. The standard InChI is InChI=1S/C14H26N2O2/c1-10(2)6-7-15-13(18)11-8-12(17)16(9-11)14(3,4)5/h10-11H,6-9H2,1-5H3,(H,15,18)/t11-/m0/s1. The fourth-order valence-electron chi connectivity index (χ4n) is 2.16. The highest BCUT2D eigenvalue weighted by atomic mass is 16.2. The fraction of sp³-hybridized carbons (Fsp3) is 0.857. The van der Waals surface area contributed by atoms with Gasteiger partial charge in [-0.15, -0.1) is 0 Å². The van der Waals surface area contributed by atoms with Crippen LogP contribution in [0.3, 0.4) is 0 Å². The molecule has 1 heterocycles. The van der Waals surface area contributed by atoms with Crippen LogP contribution in [0.5, 0.6) is 0 Å². The number of likely N-dealkylation sites (tertiary alicyclic amines) is 1. The summed E-state index contributed by atoms with van der Waals surface area (Å²) in [5.41, 5.74) is -0.190. The first-order chi connectivity index (χ1) is 8.21. The smallest absolute Gasteiger partial charge is 0.225 e. The second kappa shape index (κ2) is 5.72. The van der Waals surface area contributed by atoms with E-state index in [9.17, 15) is 9.59 Å². The number of hydrogen-bond acceptors (Lipinski definition) is 2. The Kier molecular flexibility index (Phi) is 4.77. The van der Waals surface area contributed by atoms with Gasteiger partial charge in [-0.05, 0) is 33.1 Å². The summed E-state index contributed by atoms with van der Waals surface area (Å²) in [6.45, 7) is 11.5. The Balaban J connectivity index is 2.45. The van der Waals surface area contributed by atoms with Gasteiger partial charge < -0.3 is 10.2 Å². The lowest BCUT2D eigenvalue weighted by molar-refractivity contribution is -0.132. The van der Waals surface area contributed by atoms with Gasteiger partial charge in [-0.1, -0.05) is 13.8 Å². The Labute approximate surface area is 110 Å². The molecule has 0 saturated carbocycles. The van der Waals surface area contributed by atoms with Crippen molar-refractivity contribution >= 4 is 11.8 Å². The third-order valence-corrected chi connectivity index (χ3v) is 3.33. The van der Waals surface area contributed by atoms with E-state index in [1.807, 2.05) is 20.8 Å². The van der Waals surface area contributed by atoms with Crippen molar-refractivity contribution in [3.8, 4) is 0 Å². The minimum absolute atomic E-state index is 0.0238. The van der Waals surface area contributed by atoms with Crippen LogP contribution < -0.4 is 5.32 Å². The minimum Gasteiger partial charge on any atom is -0.356 e. The average Bonchev–Trinajstić information content (AvgIpc) is 2.59. The van der Waals surface area contributed by atoms with E-state index in [1.165, 1.54) is 0 Å².